The van der Waals surface area contributed by atoms with Gasteiger partial charge in [0.15, 0.2) is 0 Å². The predicted molar refractivity (Wildman–Crippen MR) is 82.0 cm³/mol. The maximum Gasteiger partial charge on any atom is 0.115 e. The first-order chi connectivity index (χ1) is 10.8. The van der Waals surface area contributed by atoms with E-state index in [9.17, 15) is 0 Å². The molecule has 0 N–H and O–H groups in total. The monoisotopic (exact) mass is 299 g/mol. The van der Waals surface area contributed by atoms with Gasteiger partial charge in [-0.05, 0) is 25.5 Å². The summed E-state index contributed by atoms with van der Waals surface area (Å²) in [6.07, 6.45) is 14.2. The van der Waals surface area contributed by atoms with Crippen LogP contribution in [0.25, 0.3) is 0 Å². The summed E-state index contributed by atoms with van der Waals surface area (Å²) in [4.78, 5) is 18.7. The molecule has 2 aromatic heterocycles. The summed E-state index contributed by atoms with van der Waals surface area (Å²) in [5, 5.41) is 0. The summed E-state index contributed by atoms with van der Waals surface area (Å²) in [5.74, 6) is 0. The average Bonchev–Trinajstić information content (AvgIpc) is 2.96. The van der Waals surface area contributed by atoms with Gasteiger partial charge in [-0.3, -0.25) is 14.9 Å². The van der Waals surface area contributed by atoms with Crippen molar-refractivity contribution >= 4 is 0 Å². The highest BCUT2D eigenvalue weighted by atomic mass is 16.5. The number of hydrogen-bond donors (Lipinski definition) is 0. The molecule has 0 unspecified atom stereocenters. The second-order valence-electron chi connectivity index (χ2n) is 5.80. The molecule has 0 bridgehead atoms. The highest BCUT2D eigenvalue weighted by Crippen LogP contribution is 2.23. The third kappa shape index (κ3) is 4.29. The number of aromatic nitrogens is 4. The summed E-state index contributed by atoms with van der Waals surface area (Å²) in [6, 6.07) is 0. The highest BCUT2D eigenvalue weighted by Gasteiger charge is 2.26. The Hall–Kier alpha value is -1.92. The molecule has 1 aliphatic heterocycles. The smallest absolute Gasteiger partial charge is 0.115 e. The lowest BCUT2D eigenvalue weighted by Crippen LogP contribution is -2.29. The van der Waals surface area contributed by atoms with Crippen molar-refractivity contribution in [2.75, 3.05) is 13.6 Å². The fraction of sp³-hybridized carbons (Fsp3) is 0.500. The van der Waals surface area contributed by atoms with Crippen molar-refractivity contribution in [1.29, 1.82) is 0 Å². The van der Waals surface area contributed by atoms with Crippen LogP contribution < -0.4 is 0 Å². The van der Waals surface area contributed by atoms with E-state index in [0.717, 1.165) is 43.6 Å². The van der Waals surface area contributed by atoms with Crippen LogP contribution in [0.1, 0.15) is 24.1 Å². The van der Waals surface area contributed by atoms with Crippen molar-refractivity contribution in [3.8, 4) is 0 Å². The largest absolute Gasteiger partial charge is 0.373 e. The standard InChI is InChI=1S/C16H21N5O/c1-21(10-14-9-17-4-5-20-14)11-16-3-2-15(22-16)6-13-7-18-12-19-8-13/h4-5,7-9,12,15-16H,2-3,6,10-11H2,1H3/t15-,16+/m0/s1. The first kappa shape index (κ1) is 15.0. The van der Waals surface area contributed by atoms with E-state index < -0.39 is 0 Å². The summed E-state index contributed by atoms with van der Waals surface area (Å²) < 4.78 is 6.14. The topological polar surface area (TPSA) is 64.0 Å². The van der Waals surface area contributed by atoms with Gasteiger partial charge in [0.25, 0.3) is 0 Å². The normalized spacial score (nSPS) is 21.4. The Morgan fingerprint density at radius 1 is 1.09 bits per heavy atom. The minimum Gasteiger partial charge on any atom is -0.373 e. The Labute approximate surface area is 130 Å². The van der Waals surface area contributed by atoms with E-state index in [4.69, 9.17) is 4.74 Å². The number of ether oxygens (including phenoxy) is 1. The van der Waals surface area contributed by atoms with E-state index in [1.54, 1.807) is 18.7 Å². The Morgan fingerprint density at radius 2 is 1.91 bits per heavy atom. The van der Waals surface area contributed by atoms with Gasteiger partial charge in [-0.25, -0.2) is 9.97 Å². The molecule has 0 radical (unpaired) electrons. The van der Waals surface area contributed by atoms with Crippen LogP contribution in [0, 0.1) is 0 Å². The third-order valence-electron chi connectivity index (χ3n) is 3.84. The van der Waals surface area contributed by atoms with Crippen LogP contribution in [-0.2, 0) is 17.7 Å². The quantitative estimate of drug-likeness (QED) is 0.805. The van der Waals surface area contributed by atoms with E-state index in [1.807, 2.05) is 18.6 Å². The molecule has 0 spiro atoms. The van der Waals surface area contributed by atoms with Crippen LogP contribution >= 0.6 is 0 Å². The van der Waals surface area contributed by atoms with Crippen molar-refractivity contribution in [3.63, 3.8) is 0 Å². The van der Waals surface area contributed by atoms with Crippen LogP contribution in [0.15, 0.2) is 37.3 Å². The number of likely N-dealkylation sites (N-methyl/N-ethyl adjacent to an activating group) is 1. The zero-order valence-corrected chi connectivity index (χ0v) is 12.8. The molecule has 2 aromatic rings. The minimum absolute atomic E-state index is 0.279. The van der Waals surface area contributed by atoms with Crippen molar-refractivity contribution in [3.05, 3.63) is 48.6 Å². The molecule has 6 heteroatoms. The van der Waals surface area contributed by atoms with Crippen molar-refractivity contribution in [2.24, 2.45) is 0 Å². The average molecular weight is 299 g/mol. The van der Waals surface area contributed by atoms with Crippen LogP contribution in [0.3, 0.4) is 0 Å². The summed E-state index contributed by atoms with van der Waals surface area (Å²) in [5.41, 5.74) is 2.13. The highest BCUT2D eigenvalue weighted by molar-refractivity contribution is 5.04. The van der Waals surface area contributed by atoms with Gasteiger partial charge in [-0.15, -0.1) is 0 Å². The molecule has 1 saturated heterocycles. The van der Waals surface area contributed by atoms with Gasteiger partial charge in [0.05, 0.1) is 17.9 Å². The molecule has 1 fully saturated rings. The van der Waals surface area contributed by atoms with Gasteiger partial charge in [-0.1, -0.05) is 0 Å². The molecular weight excluding hydrogens is 278 g/mol. The fourth-order valence-corrected chi connectivity index (χ4v) is 2.86. The Balaban J connectivity index is 1.44. The first-order valence-corrected chi connectivity index (χ1v) is 7.62. The van der Waals surface area contributed by atoms with Gasteiger partial charge in [0.2, 0.25) is 0 Å². The molecular formula is C16H21N5O. The van der Waals surface area contributed by atoms with E-state index in [-0.39, 0.29) is 12.2 Å². The number of nitrogens with zero attached hydrogens (tertiary/aromatic N) is 5. The van der Waals surface area contributed by atoms with Gasteiger partial charge >= 0.3 is 0 Å². The van der Waals surface area contributed by atoms with Gasteiger partial charge in [-0.2, -0.15) is 0 Å². The van der Waals surface area contributed by atoms with Crippen molar-refractivity contribution in [1.82, 2.24) is 24.8 Å². The zero-order valence-electron chi connectivity index (χ0n) is 12.8. The molecule has 3 heterocycles. The lowest BCUT2D eigenvalue weighted by Gasteiger charge is -2.21. The van der Waals surface area contributed by atoms with Crippen LogP contribution in [0.5, 0.6) is 0 Å². The SMILES string of the molecule is CN(Cc1cnccn1)C[C@H]1CC[C@@H](Cc2cncnc2)O1. The lowest BCUT2D eigenvalue weighted by atomic mass is 10.1. The fourth-order valence-electron chi connectivity index (χ4n) is 2.86. The number of rotatable bonds is 6. The zero-order chi connectivity index (χ0) is 15.2. The molecule has 6 nitrogen and oxygen atoms in total. The molecule has 22 heavy (non-hydrogen) atoms. The minimum atomic E-state index is 0.279. The summed E-state index contributed by atoms with van der Waals surface area (Å²) in [6.45, 7) is 1.71. The lowest BCUT2D eigenvalue weighted by molar-refractivity contribution is 0.0264. The molecule has 1 aliphatic rings. The first-order valence-electron chi connectivity index (χ1n) is 7.62. The van der Waals surface area contributed by atoms with E-state index >= 15 is 0 Å². The molecule has 0 aliphatic carbocycles. The van der Waals surface area contributed by atoms with Crippen LogP contribution in [-0.4, -0.2) is 50.6 Å². The molecule has 2 atom stereocenters. The van der Waals surface area contributed by atoms with Gasteiger partial charge < -0.3 is 4.74 Å². The Kier molecular flexibility index (Phi) is 5.03. The van der Waals surface area contributed by atoms with Crippen molar-refractivity contribution < 1.29 is 4.74 Å². The Morgan fingerprint density at radius 3 is 2.68 bits per heavy atom. The van der Waals surface area contributed by atoms with Crippen molar-refractivity contribution in [2.45, 2.75) is 38.0 Å². The van der Waals surface area contributed by atoms with E-state index in [0.29, 0.717) is 0 Å². The number of hydrogen-bond acceptors (Lipinski definition) is 6. The predicted octanol–water partition coefficient (Wildman–Crippen LogP) is 1.49. The third-order valence-corrected chi connectivity index (χ3v) is 3.84. The second kappa shape index (κ2) is 7.38. The molecule has 0 aromatic carbocycles. The summed E-state index contributed by atoms with van der Waals surface area (Å²) >= 11 is 0. The maximum atomic E-state index is 6.14. The second-order valence-corrected chi connectivity index (χ2v) is 5.80. The van der Waals surface area contributed by atoms with Gasteiger partial charge in [0.1, 0.15) is 6.33 Å². The Bertz CT molecular complexity index is 565. The maximum absolute atomic E-state index is 6.14. The van der Waals surface area contributed by atoms with E-state index in [1.165, 1.54) is 0 Å². The molecule has 0 saturated carbocycles. The molecule has 3 rings (SSSR count). The summed E-state index contributed by atoms with van der Waals surface area (Å²) in [7, 11) is 2.09. The molecule has 116 valence electrons. The van der Waals surface area contributed by atoms with Gasteiger partial charge in [0, 0.05) is 50.5 Å². The van der Waals surface area contributed by atoms with Crippen LogP contribution in [0.2, 0.25) is 0 Å². The molecule has 0 amide bonds. The van der Waals surface area contributed by atoms with E-state index in [2.05, 4.69) is 31.9 Å². The van der Waals surface area contributed by atoms with Crippen LogP contribution in [0.4, 0.5) is 0 Å².